The first-order valence-electron chi connectivity index (χ1n) is 4.38. The number of aromatic nitrogens is 3. The molecule has 0 bridgehead atoms. The van der Waals surface area contributed by atoms with E-state index in [1.165, 1.54) is 4.90 Å². The van der Waals surface area contributed by atoms with Crippen LogP contribution >= 0.6 is 23.2 Å². The molecule has 16 heavy (non-hydrogen) atoms. The van der Waals surface area contributed by atoms with Crippen LogP contribution in [0.3, 0.4) is 0 Å². The van der Waals surface area contributed by atoms with Crippen LogP contribution < -0.4 is 4.90 Å². The Labute approximate surface area is 103 Å². The van der Waals surface area contributed by atoms with Crippen molar-refractivity contribution in [1.29, 1.82) is 0 Å². The summed E-state index contributed by atoms with van der Waals surface area (Å²) in [5, 5.41) is -0.00157. The van der Waals surface area contributed by atoms with Crippen LogP contribution in [0.5, 0.6) is 0 Å². The summed E-state index contributed by atoms with van der Waals surface area (Å²) in [7, 11) is 5.01. The molecule has 6 nitrogen and oxygen atoms in total. The molecule has 0 spiro atoms. The zero-order valence-electron chi connectivity index (χ0n) is 9.11. The van der Waals surface area contributed by atoms with Gasteiger partial charge < -0.3 is 9.80 Å². The van der Waals surface area contributed by atoms with Gasteiger partial charge in [-0.05, 0) is 23.2 Å². The van der Waals surface area contributed by atoms with E-state index in [9.17, 15) is 4.79 Å². The Hall–Kier alpha value is -1.14. The molecule has 0 N–H and O–H groups in total. The monoisotopic (exact) mass is 263 g/mol. The molecule has 0 fully saturated rings. The summed E-state index contributed by atoms with van der Waals surface area (Å²) in [4.78, 5) is 25.8. The average molecular weight is 264 g/mol. The molecule has 0 saturated heterocycles. The number of hydrogen-bond donors (Lipinski definition) is 0. The first-order chi connectivity index (χ1) is 7.40. The summed E-state index contributed by atoms with van der Waals surface area (Å²) in [5.74, 6) is 0.190. The lowest BCUT2D eigenvalue weighted by Gasteiger charge is -2.18. The number of rotatable bonds is 3. The van der Waals surface area contributed by atoms with Crippen molar-refractivity contribution in [2.75, 3.05) is 32.6 Å². The summed E-state index contributed by atoms with van der Waals surface area (Å²) < 4.78 is 0. The number of halogens is 2. The molecule has 0 atom stereocenters. The third-order valence-corrected chi connectivity index (χ3v) is 2.12. The number of amides is 1. The normalized spacial score (nSPS) is 10.1. The topological polar surface area (TPSA) is 62.2 Å². The van der Waals surface area contributed by atoms with Crippen molar-refractivity contribution in [3.63, 3.8) is 0 Å². The van der Waals surface area contributed by atoms with Crippen LogP contribution in [0.25, 0.3) is 0 Å². The van der Waals surface area contributed by atoms with Crippen LogP contribution in [0.1, 0.15) is 0 Å². The van der Waals surface area contributed by atoms with E-state index in [1.54, 1.807) is 26.0 Å². The zero-order valence-corrected chi connectivity index (χ0v) is 10.6. The fraction of sp³-hybridized carbons (Fsp3) is 0.500. The van der Waals surface area contributed by atoms with E-state index in [2.05, 4.69) is 15.0 Å². The molecular weight excluding hydrogens is 253 g/mol. The molecule has 0 unspecified atom stereocenters. The largest absolute Gasteiger partial charge is 0.347 e. The number of carbonyl (C=O) groups is 1. The Kier molecular flexibility index (Phi) is 4.26. The van der Waals surface area contributed by atoms with Crippen molar-refractivity contribution >= 4 is 35.1 Å². The van der Waals surface area contributed by atoms with Gasteiger partial charge in [0.15, 0.2) is 0 Å². The number of nitrogens with zero attached hydrogens (tertiary/aromatic N) is 5. The molecule has 0 radical (unpaired) electrons. The molecule has 0 aliphatic rings. The van der Waals surface area contributed by atoms with Crippen molar-refractivity contribution in [3.05, 3.63) is 10.6 Å². The predicted molar refractivity (Wildman–Crippen MR) is 61.8 cm³/mol. The molecule has 8 heteroatoms. The third-order valence-electron chi connectivity index (χ3n) is 1.78. The summed E-state index contributed by atoms with van der Waals surface area (Å²) in [5.41, 5.74) is 0. The van der Waals surface area contributed by atoms with Gasteiger partial charge in [-0.15, -0.1) is 0 Å². The first-order valence-corrected chi connectivity index (χ1v) is 5.14. The van der Waals surface area contributed by atoms with E-state index in [-0.39, 0.29) is 29.0 Å². The second-order valence-corrected chi connectivity index (χ2v) is 3.99. The second kappa shape index (κ2) is 5.27. The standard InChI is InChI=1S/C8H11Cl2N5O/c1-14(2)5(16)4-15(3)8-12-6(9)11-7(10)13-8/h4H2,1-3H3. The van der Waals surface area contributed by atoms with Crippen LogP contribution in [0, 0.1) is 0 Å². The Balaban J connectivity index is 2.80. The molecule has 1 aromatic rings. The lowest BCUT2D eigenvalue weighted by molar-refractivity contribution is -0.127. The molecule has 0 aromatic carbocycles. The molecule has 1 aromatic heterocycles. The minimum Gasteiger partial charge on any atom is -0.347 e. The maximum absolute atomic E-state index is 11.4. The van der Waals surface area contributed by atoms with E-state index >= 15 is 0 Å². The Bertz CT molecular complexity index is 378. The van der Waals surface area contributed by atoms with Gasteiger partial charge in [-0.3, -0.25) is 4.79 Å². The van der Waals surface area contributed by atoms with Gasteiger partial charge in [0, 0.05) is 21.1 Å². The van der Waals surface area contributed by atoms with Gasteiger partial charge in [0.25, 0.3) is 0 Å². The van der Waals surface area contributed by atoms with Gasteiger partial charge in [-0.25, -0.2) is 0 Å². The minimum absolute atomic E-state index is 0.000785. The van der Waals surface area contributed by atoms with Gasteiger partial charge >= 0.3 is 0 Å². The highest BCUT2D eigenvalue weighted by Crippen LogP contribution is 2.12. The maximum Gasteiger partial charge on any atom is 0.241 e. The lowest BCUT2D eigenvalue weighted by Crippen LogP contribution is -2.35. The van der Waals surface area contributed by atoms with Crippen molar-refractivity contribution < 1.29 is 4.79 Å². The van der Waals surface area contributed by atoms with Crippen LogP contribution in [0.4, 0.5) is 5.95 Å². The highest BCUT2D eigenvalue weighted by Gasteiger charge is 2.13. The number of anilines is 1. The first kappa shape index (κ1) is 12.9. The van der Waals surface area contributed by atoms with E-state index < -0.39 is 0 Å². The highest BCUT2D eigenvalue weighted by molar-refractivity contribution is 6.31. The maximum atomic E-state index is 11.4. The van der Waals surface area contributed by atoms with Gasteiger partial charge in [-0.1, -0.05) is 0 Å². The smallest absolute Gasteiger partial charge is 0.241 e. The molecule has 1 amide bonds. The van der Waals surface area contributed by atoms with Gasteiger partial charge in [0.1, 0.15) is 0 Å². The SMILES string of the molecule is CN(C)C(=O)CN(C)c1nc(Cl)nc(Cl)n1. The molecule has 1 heterocycles. The van der Waals surface area contributed by atoms with Crippen LogP contribution in [-0.2, 0) is 4.79 Å². The Morgan fingerprint density at radius 2 is 1.62 bits per heavy atom. The van der Waals surface area contributed by atoms with Gasteiger partial charge in [0.05, 0.1) is 6.54 Å². The van der Waals surface area contributed by atoms with E-state index in [0.717, 1.165) is 0 Å². The quantitative estimate of drug-likeness (QED) is 0.804. The molecular formula is C8H11Cl2N5O. The Morgan fingerprint density at radius 1 is 1.12 bits per heavy atom. The lowest BCUT2D eigenvalue weighted by atomic mass is 10.5. The van der Waals surface area contributed by atoms with Crippen molar-refractivity contribution in [2.45, 2.75) is 0 Å². The fourth-order valence-corrected chi connectivity index (χ4v) is 1.26. The third kappa shape index (κ3) is 3.46. The van der Waals surface area contributed by atoms with Crippen LogP contribution in [0.2, 0.25) is 10.6 Å². The molecule has 0 saturated carbocycles. The van der Waals surface area contributed by atoms with E-state index in [4.69, 9.17) is 23.2 Å². The molecule has 0 aliphatic heterocycles. The van der Waals surface area contributed by atoms with Crippen molar-refractivity contribution in [3.8, 4) is 0 Å². The number of carbonyl (C=O) groups excluding carboxylic acids is 1. The predicted octanol–water partition coefficient (Wildman–Crippen LogP) is 0.703. The second-order valence-electron chi connectivity index (χ2n) is 3.32. The zero-order chi connectivity index (χ0) is 12.3. The van der Waals surface area contributed by atoms with Gasteiger partial charge in [-0.2, -0.15) is 15.0 Å². The fourth-order valence-electron chi connectivity index (χ4n) is 0.902. The van der Waals surface area contributed by atoms with Crippen LogP contribution in [-0.4, -0.2) is 53.4 Å². The van der Waals surface area contributed by atoms with Gasteiger partial charge in [0.2, 0.25) is 22.4 Å². The molecule has 88 valence electrons. The summed E-state index contributed by atoms with van der Waals surface area (Å²) in [6.45, 7) is 0.143. The summed E-state index contributed by atoms with van der Waals surface area (Å²) >= 11 is 11.2. The number of likely N-dealkylation sites (N-methyl/N-ethyl adjacent to an activating group) is 2. The summed E-state index contributed by atoms with van der Waals surface area (Å²) in [6, 6.07) is 0. The van der Waals surface area contributed by atoms with Crippen LogP contribution in [0.15, 0.2) is 0 Å². The van der Waals surface area contributed by atoms with E-state index in [1.807, 2.05) is 0 Å². The van der Waals surface area contributed by atoms with Crippen molar-refractivity contribution in [2.24, 2.45) is 0 Å². The Morgan fingerprint density at radius 3 is 2.06 bits per heavy atom. The molecule has 1 rings (SSSR count). The average Bonchev–Trinajstić information content (AvgIpc) is 2.15. The van der Waals surface area contributed by atoms with E-state index in [0.29, 0.717) is 0 Å². The summed E-state index contributed by atoms with van der Waals surface area (Å²) in [6.07, 6.45) is 0. The minimum atomic E-state index is -0.0739. The number of hydrogen-bond acceptors (Lipinski definition) is 5. The van der Waals surface area contributed by atoms with Crippen molar-refractivity contribution in [1.82, 2.24) is 19.9 Å². The molecule has 0 aliphatic carbocycles. The highest BCUT2D eigenvalue weighted by atomic mass is 35.5.